The second-order valence-corrected chi connectivity index (χ2v) is 6.65. The Morgan fingerprint density at radius 3 is 2.32 bits per heavy atom. The van der Waals surface area contributed by atoms with E-state index in [4.69, 9.17) is 14.9 Å². The number of nitrogens with one attached hydrogen (secondary N) is 1. The molecule has 0 atom stereocenters. The second kappa shape index (κ2) is 11.3. The number of aryl methyl sites for hydroxylation is 1. The Kier molecular flexibility index (Phi) is 8.72. The van der Waals surface area contributed by atoms with Crippen molar-refractivity contribution in [1.82, 2.24) is 4.98 Å². The summed E-state index contributed by atoms with van der Waals surface area (Å²) in [6.45, 7) is 4.80. The summed E-state index contributed by atoms with van der Waals surface area (Å²) >= 11 is 0. The molecule has 28 heavy (non-hydrogen) atoms. The van der Waals surface area contributed by atoms with Gasteiger partial charge in [0.25, 0.3) is 0 Å². The van der Waals surface area contributed by atoms with E-state index in [0.29, 0.717) is 13.0 Å². The SMILES string of the molecule is Cc1[nH]c2ccccc2c(=O)c1C.OCCCCOc1ccc(CCO)cc1. The molecule has 0 saturated carbocycles. The van der Waals surface area contributed by atoms with E-state index in [9.17, 15) is 4.79 Å². The molecule has 0 aliphatic heterocycles. The number of aromatic amines is 1. The van der Waals surface area contributed by atoms with Gasteiger partial charge in [0.15, 0.2) is 5.43 Å². The molecule has 5 heteroatoms. The Balaban J connectivity index is 0.000000202. The fraction of sp³-hybridized carbons (Fsp3) is 0.348. The topological polar surface area (TPSA) is 82.6 Å². The minimum absolute atomic E-state index is 0.131. The number of pyridine rings is 1. The molecule has 2 aromatic carbocycles. The number of para-hydroxylation sites is 1. The Bertz CT molecular complexity index is 916. The minimum atomic E-state index is 0.131. The number of hydrogen-bond acceptors (Lipinski definition) is 4. The summed E-state index contributed by atoms with van der Waals surface area (Å²) in [5.41, 5.74) is 3.91. The largest absolute Gasteiger partial charge is 0.494 e. The fourth-order valence-electron chi connectivity index (χ4n) is 2.74. The molecule has 150 valence electrons. The van der Waals surface area contributed by atoms with E-state index in [-0.39, 0.29) is 18.6 Å². The molecule has 5 nitrogen and oxygen atoms in total. The lowest BCUT2D eigenvalue weighted by Gasteiger charge is -2.06. The van der Waals surface area contributed by atoms with Crippen molar-refractivity contribution >= 4 is 10.9 Å². The molecule has 3 aromatic rings. The van der Waals surface area contributed by atoms with Crippen LogP contribution in [0, 0.1) is 13.8 Å². The number of aromatic nitrogens is 1. The van der Waals surface area contributed by atoms with Gasteiger partial charge in [0.2, 0.25) is 0 Å². The molecule has 0 aliphatic carbocycles. The van der Waals surface area contributed by atoms with Gasteiger partial charge < -0.3 is 19.9 Å². The lowest BCUT2D eigenvalue weighted by Crippen LogP contribution is -2.09. The molecule has 0 saturated heterocycles. The molecule has 3 N–H and O–H groups in total. The van der Waals surface area contributed by atoms with Crippen LogP contribution in [-0.2, 0) is 6.42 Å². The lowest BCUT2D eigenvalue weighted by molar-refractivity contribution is 0.253. The van der Waals surface area contributed by atoms with Gasteiger partial charge in [-0.1, -0.05) is 24.3 Å². The van der Waals surface area contributed by atoms with Crippen LogP contribution in [0.1, 0.15) is 29.7 Å². The van der Waals surface area contributed by atoms with Crippen molar-refractivity contribution in [2.75, 3.05) is 19.8 Å². The maximum Gasteiger partial charge on any atom is 0.192 e. The molecule has 0 radical (unpaired) electrons. The highest BCUT2D eigenvalue weighted by atomic mass is 16.5. The zero-order valence-corrected chi connectivity index (χ0v) is 16.6. The normalized spacial score (nSPS) is 10.4. The molecular weight excluding hydrogens is 354 g/mol. The van der Waals surface area contributed by atoms with E-state index in [1.165, 1.54) is 0 Å². The van der Waals surface area contributed by atoms with E-state index < -0.39 is 0 Å². The van der Waals surface area contributed by atoms with Crippen molar-refractivity contribution in [1.29, 1.82) is 0 Å². The Morgan fingerprint density at radius 2 is 1.64 bits per heavy atom. The number of unbranched alkanes of at least 4 members (excludes halogenated alkanes) is 1. The molecule has 3 rings (SSSR count). The van der Waals surface area contributed by atoms with Crippen LogP contribution in [0.2, 0.25) is 0 Å². The van der Waals surface area contributed by atoms with Gasteiger partial charge in [-0.25, -0.2) is 0 Å². The van der Waals surface area contributed by atoms with Gasteiger partial charge >= 0.3 is 0 Å². The molecule has 0 fully saturated rings. The number of aliphatic hydroxyl groups is 2. The summed E-state index contributed by atoms with van der Waals surface area (Å²) in [5, 5.41) is 18.1. The predicted octanol–water partition coefficient (Wildman–Crippen LogP) is 3.52. The van der Waals surface area contributed by atoms with Crippen LogP contribution in [0.4, 0.5) is 0 Å². The molecule has 0 amide bonds. The smallest absolute Gasteiger partial charge is 0.192 e. The van der Waals surface area contributed by atoms with Gasteiger partial charge in [0.1, 0.15) is 5.75 Å². The number of ether oxygens (including phenoxy) is 1. The standard InChI is InChI=1S/C12H18O3.C11H11NO/c13-8-1-2-10-15-12-5-3-11(4-6-12)7-9-14;1-7-8(2)12-10-6-4-3-5-9(10)11(7)13/h3-6,13-14H,1-2,7-10H2;3-6H,1-2H3,(H,12,13). The van der Waals surface area contributed by atoms with Crippen molar-refractivity contribution in [3.63, 3.8) is 0 Å². The third-order valence-corrected chi connectivity index (χ3v) is 4.54. The lowest BCUT2D eigenvalue weighted by atomic mass is 10.1. The first-order chi connectivity index (χ1) is 13.6. The molecular formula is C23H29NO4. The van der Waals surface area contributed by atoms with E-state index in [2.05, 4.69) is 4.98 Å². The minimum Gasteiger partial charge on any atom is -0.494 e. The molecule has 0 aliphatic rings. The fourth-order valence-corrected chi connectivity index (χ4v) is 2.74. The molecule has 0 spiro atoms. The predicted molar refractivity (Wildman–Crippen MR) is 113 cm³/mol. The first-order valence-electron chi connectivity index (χ1n) is 9.58. The highest BCUT2D eigenvalue weighted by molar-refractivity contribution is 5.79. The average molecular weight is 383 g/mol. The molecule has 0 bridgehead atoms. The van der Waals surface area contributed by atoms with Crippen molar-refractivity contribution in [3.8, 4) is 5.75 Å². The monoisotopic (exact) mass is 383 g/mol. The first-order valence-corrected chi connectivity index (χ1v) is 9.58. The van der Waals surface area contributed by atoms with Crippen LogP contribution in [0.5, 0.6) is 5.75 Å². The third kappa shape index (κ3) is 6.22. The van der Waals surface area contributed by atoms with E-state index in [1.807, 2.05) is 62.4 Å². The summed E-state index contributed by atoms with van der Waals surface area (Å²) in [6, 6.07) is 15.3. The van der Waals surface area contributed by atoms with Crippen molar-refractivity contribution in [2.45, 2.75) is 33.1 Å². The second-order valence-electron chi connectivity index (χ2n) is 6.65. The van der Waals surface area contributed by atoms with Gasteiger partial charge in [-0.2, -0.15) is 0 Å². The van der Waals surface area contributed by atoms with E-state index in [1.54, 1.807) is 0 Å². The van der Waals surface area contributed by atoms with Crippen LogP contribution in [0.25, 0.3) is 10.9 Å². The van der Waals surface area contributed by atoms with Gasteiger partial charge in [-0.15, -0.1) is 0 Å². The number of H-pyrrole nitrogens is 1. The Morgan fingerprint density at radius 1 is 0.929 bits per heavy atom. The summed E-state index contributed by atoms with van der Waals surface area (Å²) in [5.74, 6) is 0.842. The van der Waals surface area contributed by atoms with Crippen LogP contribution < -0.4 is 10.2 Å². The van der Waals surface area contributed by atoms with Crippen LogP contribution >= 0.6 is 0 Å². The Labute approximate surface area is 165 Å². The summed E-state index contributed by atoms with van der Waals surface area (Å²) in [4.78, 5) is 14.9. The van der Waals surface area contributed by atoms with Crippen molar-refractivity contribution < 1.29 is 14.9 Å². The van der Waals surface area contributed by atoms with Gasteiger partial charge in [0.05, 0.1) is 6.61 Å². The Hall–Kier alpha value is -2.63. The average Bonchev–Trinajstić information content (AvgIpc) is 2.71. The highest BCUT2D eigenvalue weighted by Crippen LogP contribution is 2.13. The third-order valence-electron chi connectivity index (χ3n) is 4.54. The maximum absolute atomic E-state index is 11.7. The first kappa shape index (κ1) is 21.7. The highest BCUT2D eigenvalue weighted by Gasteiger charge is 2.03. The van der Waals surface area contributed by atoms with Gasteiger partial charge in [-0.05, 0) is 62.9 Å². The van der Waals surface area contributed by atoms with Crippen LogP contribution in [-0.4, -0.2) is 35.0 Å². The summed E-state index contributed by atoms with van der Waals surface area (Å²) < 4.78 is 5.47. The van der Waals surface area contributed by atoms with Crippen LogP contribution in [0.3, 0.4) is 0 Å². The maximum atomic E-state index is 11.7. The summed E-state index contributed by atoms with van der Waals surface area (Å²) in [7, 11) is 0. The molecule has 0 unspecified atom stereocenters. The van der Waals surface area contributed by atoms with E-state index in [0.717, 1.165) is 46.3 Å². The van der Waals surface area contributed by atoms with Gasteiger partial charge in [0, 0.05) is 35.4 Å². The quantitative estimate of drug-likeness (QED) is 0.545. The van der Waals surface area contributed by atoms with Crippen molar-refractivity contribution in [2.24, 2.45) is 0 Å². The number of benzene rings is 2. The zero-order chi connectivity index (χ0) is 20.4. The zero-order valence-electron chi connectivity index (χ0n) is 16.6. The molecule has 1 aromatic heterocycles. The van der Waals surface area contributed by atoms with Gasteiger partial charge in [-0.3, -0.25) is 4.79 Å². The van der Waals surface area contributed by atoms with E-state index >= 15 is 0 Å². The number of fused-ring (bicyclic) bond motifs is 1. The van der Waals surface area contributed by atoms with Crippen LogP contribution in [0.15, 0.2) is 53.3 Å². The molecule has 1 heterocycles. The van der Waals surface area contributed by atoms with Crippen molar-refractivity contribution in [3.05, 3.63) is 75.6 Å². The number of rotatable bonds is 7. The number of hydrogen-bond donors (Lipinski definition) is 3. The number of aliphatic hydroxyl groups excluding tert-OH is 2. The summed E-state index contributed by atoms with van der Waals surface area (Å²) in [6.07, 6.45) is 2.34.